The molecule has 0 spiro atoms. The van der Waals surface area contributed by atoms with E-state index in [-0.39, 0.29) is 0 Å². The summed E-state index contributed by atoms with van der Waals surface area (Å²) in [5.74, 6) is 0. The number of benzene rings is 2. The van der Waals surface area contributed by atoms with Crippen molar-refractivity contribution in [3.8, 4) is 0 Å². The SMILES string of the molecule is C=C=Cc1cccc(Nc2ccccc2)c1. The molecule has 0 bridgehead atoms. The van der Waals surface area contributed by atoms with E-state index in [1.165, 1.54) is 0 Å². The van der Waals surface area contributed by atoms with Crippen molar-refractivity contribution in [3.05, 3.63) is 72.5 Å². The fourth-order valence-electron chi connectivity index (χ4n) is 1.51. The lowest BCUT2D eigenvalue weighted by Crippen LogP contribution is -1.89. The van der Waals surface area contributed by atoms with Crippen LogP contribution in [-0.4, -0.2) is 0 Å². The third-order valence-electron chi connectivity index (χ3n) is 2.22. The molecule has 1 N–H and O–H groups in total. The van der Waals surface area contributed by atoms with Crippen LogP contribution in [0, 0.1) is 0 Å². The monoisotopic (exact) mass is 207 g/mol. The first-order valence-electron chi connectivity index (χ1n) is 5.16. The van der Waals surface area contributed by atoms with Gasteiger partial charge >= 0.3 is 0 Å². The number of hydrogen-bond donors (Lipinski definition) is 1. The molecule has 0 aliphatic carbocycles. The molecule has 0 atom stereocenters. The van der Waals surface area contributed by atoms with Crippen LogP contribution in [0.5, 0.6) is 0 Å². The van der Waals surface area contributed by atoms with Crippen LogP contribution >= 0.6 is 0 Å². The first-order valence-corrected chi connectivity index (χ1v) is 5.16. The van der Waals surface area contributed by atoms with Crippen molar-refractivity contribution in [3.63, 3.8) is 0 Å². The maximum Gasteiger partial charge on any atom is 0.0390 e. The summed E-state index contributed by atoms with van der Waals surface area (Å²) < 4.78 is 0. The fraction of sp³-hybridized carbons (Fsp3) is 0. The van der Waals surface area contributed by atoms with Gasteiger partial charge in [-0.2, -0.15) is 0 Å². The zero-order valence-electron chi connectivity index (χ0n) is 8.98. The van der Waals surface area contributed by atoms with Crippen LogP contribution in [-0.2, 0) is 0 Å². The maximum atomic E-state index is 3.57. The minimum absolute atomic E-state index is 1.07. The van der Waals surface area contributed by atoms with Crippen LogP contribution in [0.4, 0.5) is 11.4 Å². The van der Waals surface area contributed by atoms with Gasteiger partial charge in [-0.1, -0.05) is 36.9 Å². The van der Waals surface area contributed by atoms with Gasteiger partial charge in [0.05, 0.1) is 0 Å². The van der Waals surface area contributed by atoms with Crippen molar-refractivity contribution in [2.75, 3.05) is 5.32 Å². The quantitative estimate of drug-likeness (QED) is 0.743. The van der Waals surface area contributed by atoms with Gasteiger partial charge in [0.2, 0.25) is 0 Å². The molecular formula is C15H13N. The van der Waals surface area contributed by atoms with Crippen molar-refractivity contribution >= 4 is 17.5 Å². The molecule has 0 amide bonds. The Morgan fingerprint density at radius 3 is 2.44 bits per heavy atom. The Labute approximate surface area is 95.8 Å². The van der Waals surface area contributed by atoms with Gasteiger partial charge in [0.15, 0.2) is 0 Å². The predicted octanol–water partition coefficient (Wildman–Crippen LogP) is 4.23. The number of nitrogens with one attached hydrogen (secondary N) is 1. The largest absolute Gasteiger partial charge is 0.356 e. The highest BCUT2D eigenvalue weighted by Crippen LogP contribution is 2.17. The van der Waals surface area contributed by atoms with E-state index in [0.717, 1.165) is 16.9 Å². The van der Waals surface area contributed by atoms with Crippen LogP contribution in [0.1, 0.15) is 5.56 Å². The van der Waals surface area contributed by atoms with E-state index < -0.39 is 0 Å². The van der Waals surface area contributed by atoms with Crippen molar-refractivity contribution < 1.29 is 0 Å². The van der Waals surface area contributed by atoms with Crippen LogP contribution in [0.2, 0.25) is 0 Å². The molecule has 2 aromatic carbocycles. The predicted molar refractivity (Wildman–Crippen MR) is 69.8 cm³/mol. The Balaban J connectivity index is 2.22. The summed E-state index contributed by atoms with van der Waals surface area (Å²) in [6, 6.07) is 18.2. The van der Waals surface area contributed by atoms with Gasteiger partial charge < -0.3 is 5.32 Å². The smallest absolute Gasteiger partial charge is 0.0390 e. The van der Waals surface area contributed by atoms with Gasteiger partial charge in [-0.05, 0) is 35.9 Å². The van der Waals surface area contributed by atoms with Crippen LogP contribution in [0.3, 0.4) is 0 Å². The number of para-hydroxylation sites is 1. The van der Waals surface area contributed by atoms with Gasteiger partial charge in [-0.25, -0.2) is 0 Å². The third-order valence-corrected chi connectivity index (χ3v) is 2.22. The van der Waals surface area contributed by atoms with E-state index in [0.29, 0.717) is 0 Å². The molecule has 0 radical (unpaired) electrons. The van der Waals surface area contributed by atoms with Crippen molar-refractivity contribution in [2.45, 2.75) is 0 Å². The molecule has 2 aromatic rings. The van der Waals surface area contributed by atoms with Crippen LogP contribution in [0.15, 0.2) is 66.9 Å². The van der Waals surface area contributed by atoms with Gasteiger partial charge in [-0.3, -0.25) is 0 Å². The van der Waals surface area contributed by atoms with E-state index >= 15 is 0 Å². The molecule has 0 saturated heterocycles. The summed E-state index contributed by atoms with van der Waals surface area (Å²) in [6.07, 6.45) is 1.86. The van der Waals surface area contributed by atoms with Gasteiger partial charge in [0, 0.05) is 11.4 Å². The van der Waals surface area contributed by atoms with Crippen molar-refractivity contribution in [2.24, 2.45) is 0 Å². The lowest BCUT2D eigenvalue weighted by atomic mass is 10.2. The topological polar surface area (TPSA) is 12.0 Å². The molecule has 0 aliphatic rings. The number of rotatable bonds is 3. The van der Waals surface area contributed by atoms with Gasteiger partial charge in [0.25, 0.3) is 0 Å². The molecule has 1 nitrogen and oxygen atoms in total. The summed E-state index contributed by atoms with van der Waals surface area (Å²) in [6.45, 7) is 3.57. The molecule has 1 heteroatoms. The maximum absolute atomic E-state index is 3.57. The standard InChI is InChI=1S/C15H13N/c1-2-7-13-8-6-11-15(12-13)16-14-9-4-3-5-10-14/h3-12,16H,1H2. The third kappa shape index (κ3) is 2.63. The number of hydrogen-bond acceptors (Lipinski definition) is 1. The first-order chi connectivity index (χ1) is 7.88. The second-order valence-electron chi connectivity index (χ2n) is 3.46. The summed E-state index contributed by atoms with van der Waals surface area (Å²) in [5.41, 5.74) is 6.02. The highest BCUT2D eigenvalue weighted by atomic mass is 14.9. The lowest BCUT2D eigenvalue weighted by molar-refractivity contribution is 1.54. The van der Waals surface area contributed by atoms with Gasteiger partial charge in [-0.15, -0.1) is 5.73 Å². The molecule has 0 saturated carbocycles. The Morgan fingerprint density at radius 2 is 1.69 bits per heavy atom. The lowest BCUT2D eigenvalue weighted by Gasteiger charge is -2.06. The average molecular weight is 207 g/mol. The molecule has 0 aromatic heterocycles. The molecule has 78 valence electrons. The first kappa shape index (κ1) is 10.3. The normalized spacial score (nSPS) is 9.25. The van der Waals surface area contributed by atoms with E-state index in [4.69, 9.17) is 0 Å². The van der Waals surface area contributed by atoms with E-state index in [1.807, 2.05) is 54.6 Å². The van der Waals surface area contributed by atoms with E-state index in [2.05, 4.69) is 23.7 Å². The van der Waals surface area contributed by atoms with E-state index in [1.54, 1.807) is 0 Å². The zero-order chi connectivity index (χ0) is 11.2. The minimum Gasteiger partial charge on any atom is -0.356 e. The summed E-state index contributed by atoms with van der Waals surface area (Å²) in [5, 5.41) is 3.33. The molecule has 0 fully saturated rings. The van der Waals surface area contributed by atoms with E-state index in [9.17, 15) is 0 Å². The molecule has 2 rings (SSSR count). The second kappa shape index (κ2) is 5.01. The number of anilines is 2. The minimum atomic E-state index is 1.07. The molecule has 0 aliphatic heterocycles. The Kier molecular flexibility index (Phi) is 3.22. The Morgan fingerprint density at radius 1 is 0.938 bits per heavy atom. The van der Waals surface area contributed by atoms with Gasteiger partial charge in [0.1, 0.15) is 0 Å². The van der Waals surface area contributed by atoms with Crippen molar-refractivity contribution in [1.82, 2.24) is 0 Å². The Bertz CT molecular complexity index is 508. The fourth-order valence-corrected chi connectivity index (χ4v) is 1.51. The summed E-state index contributed by atoms with van der Waals surface area (Å²) in [4.78, 5) is 0. The highest BCUT2D eigenvalue weighted by molar-refractivity contribution is 5.63. The average Bonchev–Trinajstić information content (AvgIpc) is 2.31. The van der Waals surface area contributed by atoms with Crippen LogP contribution < -0.4 is 5.32 Å². The highest BCUT2D eigenvalue weighted by Gasteiger charge is 1.93. The Hall–Kier alpha value is -2.24. The molecule has 16 heavy (non-hydrogen) atoms. The molecule has 0 unspecified atom stereocenters. The van der Waals surface area contributed by atoms with Crippen LogP contribution in [0.25, 0.3) is 6.08 Å². The summed E-state index contributed by atoms with van der Waals surface area (Å²) >= 11 is 0. The molecule has 0 heterocycles. The second-order valence-corrected chi connectivity index (χ2v) is 3.46. The summed E-state index contributed by atoms with van der Waals surface area (Å²) in [7, 11) is 0. The molecular weight excluding hydrogens is 194 g/mol. The van der Waals surface area contributed by atoms with Crippen molar-refractivity contribution in [1.29, 1.82) is 0 Å². The zero-order valence-corrected chi connectivity index (χ0v) is 8.98.